The molecule has 8 nitrogen and oxygen atoms in total. The van der Waals surface area contributed by atoms with Gasteiger partial charge in [0.25, 0.3) is 11.8 Å². The molecule has 0 N–H and O–H groups in total. The van der Waals surface area contributed by atoms with Crippen LogP contribution >= 0.6 is 0 Å². The molecule has 2 atom stereocenters. The van der Waals surface area contributed by atoms with Crippen LogP contribution < -0.4 is 4.74 Å². The molecule has 0 aromatic heterocycles. The van der Waals surface area contributed by atoms with Gasteiger partial charge in [-0.15, -0.1) is 0 Å². The van der Waals surface area contributed by atoms with E-state index in [1.54, 1.807) is 36.4 Å². The van der Waals surface area contributed by atoms with E-state index in [0.29, 0.717) is 22.5 Å². The minimum Gasteiger partial charge on any atom is -0.496 e. The molecular formula is C19H16N2O6. The zero-order valence-electron chi connectivity index (χ0n) is 14.4. The SMILES string of the molecule is COc1ccccc1[C@H](CC=O)C(N1C(=O)c2ccccc2C1=O)[N+](=O)[O-]. The van der Waals surface area contributed by atoms with Crippen LogP contribution in [0.15, 0.2) is 48.5 Å². The van der Waals surface area contributed by atoms with E-state index in [0.717, 1.165) is 0 Å². The molecule has 1 aliphatic heterocycles. The number of nitro groups is 1. The number of amides is 2. The Balaban J connectivity index is 2.11. The van der Waals surface area contributed by atoms with Gasteiger partial charge in [0.1, 0.15) is 12.0 Å². The van der Waals surface area contributed by atoms with E-state index in [1.807, 2.05) is 0 Å². The van der Waals surface area contributed by atoms with Crippen molar-refractivity contribution < 1.29 is 24.0 Å². The Morgan fingerprint density at radius 3 is 2.15 bits per heavy atom. The van der Waals surface area contributed by atoms with Crippen molar-refractivity contribution in [3.63, 3.8) is 0 Å². The first-order valence-corrected chi connectivity index (χ1v) is 8.18. The average molecular weight is 368 g/mol. The Hall–Kier alpha value is -3.55. The van der Waals surface area contributed by atoms with Crippen molar-refractivity contribution in [2.75, 3.05) is 7.11 Å². The Kier molecular flexibility index (Phi) is 4.98. The molecule has 2 aromatic rings. The normalized spacial score (nSPS) is 15.2. The maximum atomic E-state index is 12.7. The maximum Gasteiger partial charge on any atom is 0.303 e. The molecule has 1 heterocycles. The molecule has 1 unspecified atom stereocenters. The molecule has 0 saturated heterocycles. The molecule has 1 aliphatic rings. The summed E-state index contributed by atoms with van der Waals surface area (Å²) in [5, 5.41) is 11.9. The molecule has 0 spiro atoms. The summed E-state index contributed by atoms with van der Waals surface area (Å²) < 4.78 is 5.25. The molecule has 3 rings (SSSR count). The van der Waals surface area contributed by atoms with Gasteiger partial charge in [0.05, 0.1) is 24.2 Å². The fourth-order valence-electron chi connectivity index (χ4n) is 3.35. The quantitative estimate of drug-likeness (QED) is 0.321. The van der Waals surface area contributed by atoms with Gasteiger partial charge in [0.2, 0.25) is 0 Å². The number of carbonyl (C=O) groups is 3. The first-order chi connectivity index (χ1) is 13.0. The predicted molar refractivity (Wildman–Crippen MR) is 94.1 cm³/mol. The summed E-state index contributed by atoms with van der Waals surface area (Å²) in [5.41, 5.74) is 0.601. The lowest BCUT2D eigenvalue weighted by molar-refractivity contribution is -0.545. The highest BCUT2D eigenvalue weighted by Gasteiger charge is 2.49. The first kappa shape index (κ1) is 18.2. The molecule has 0 saturated carbocycles. The van der Waals surface area contributed by atoms with Gasteiger partial charge in [-0.05, 0) is 18.2 Å². The van der Waals surface area contributed by atoms with Crippen LogP contribution in [0.1, 0.15) is 38.6 Å². The van der Waals surface area contributed by atoms with Gasteiger partial charge < -0.3 is 9.53 Å². The number of carbonyl (C=O) groups excluding carboxylic acids is 3. The number of ether oxygens (including phenoxy) is 1. The fraction of sp³-hybridized carbons (Fsp3) is 0.211. The molecule has 2 aromatic carbocycles. The topological polar surface area (TPSA) is 107 Å². The molecule has 8 heteroatoms. The van der Waals surface area contributed by atoms with E-state index in [4.69, 9.17) is 4.74 Å². The second-order valence-electron chi connectivity index (χ2n) is 5.98. The highest BCUT2D eigenvalue weighted by atomic mass is 16.6. The third kappa shape index (κ3) is 3.05. The number of para-hydroxylation sites is 1. The summed E-state index contributed by atoms with van der Waals surface area (Å²) in [7, 11) is 1.40. The van der Waals surface area contributed by atoms with Crippen molar-refractivity contribution in [3.05, 3.63) is 75.3 Å². The molecule has 0 fully saturated rings. The minimum atomic E-state index is -1.74. The van der Waals surface area contributed by atoms with Gasteiger partial charge >= 0.3 is 6.17 Å². The van der Waals surface area contributed by atoms with Crippen molar-refractivity contribution in [3.8, 4) is 5.75 Å². The Morgan fingerprint density at radius 2 is 1.63 bits per heavy atom. The maximum absolute atomic E-state index is 12.7. The van der Waals surface area contributed by atoms with E-state index in [-0.39, 0.29) is 17.5 Å². The molecule has 0 bridgehead atoms. The first-order valence-electron chi connectivity index (χ1n) is 8.18. The minimum absolute atomic E-state index is 0.110. The number of benzene rings is 2. The van der Waals surface area contributed by atoms with E-state index >= 15 is 0 Å². The third-order valence-corrected chi connectivity index (χ3v) is 4.55. The van der Waals surface area contributed by atoms with Crippen LogP contribution in [0.5, 0.6) is 5.75 Å². The third-order valence-electron chi connectivity index (χ3n) is 4.55. The zero-order chi connectivity index (χ0) is 19.6. The van der Waals surface area contributed by atoms with Gasteiger partial charge in [-0.1, -0.05) is 30.3 Å². The molecule has 0 radical (unpaired) electrons. The highest BCUT2D eigenvalue weighted by Crippen LogP contribution is 2.36. The van der Waals surface area contributed by atoms with E-state index in [2.05, 4.69) is 0 Å². The predicted octanol–water partition coefficient (Wildman–Crippen LogP) is 2.27. The summed E-state index contributed by atoms with van der Waals surface area (Å²) in [6.45, 7) is 0. The van der Waals surface area contributed by atoms with E-state index in [1.165, 1.54) is 19.2 Å². The van der Waals surface area contributed by atoms with Crippen molar-refractivity contribution >= 4 is 18.1 Å². The summed E-state index contributed by atoms with van der Waals surface area (Å²) in [5.74, 6) is -2.20. The van der Waals surface area contributed by atoms with Crippen LogP contribution in [-0.2, 0) is 4.79 Å². The largest absolute Gasteiger partial charge is 0.496 e. The lowest BCUT2D eigenvalue weighted by atomic mass is 9.91. The van der Waals surface area contributed by atoms with Crippen LogP contribution in [0, 0.1) is 10.1 Å². The van der Waals surface area contributed by atoms with Crippen molar-refractivity contribution in [2.45, 2.75) is 18.5 Å². The summed E-state index contributed by atoms with van der Waals surface area (Å²) in [6.07, 6.45) is -1.45. The van der Waals surface area contributed by atoms with Crippen molar-refractivity contribution in [1.82, 2.24) is 4.90 Å². The van der Waals surface area contributed by atoms with Gasteiger partial charge in [-0.25, -0.2) is 4.90 Å². The number of hydrogen-bond acceptors (Lipinski definition) is 6. The Bertz CT molecular complexity index is 891. The number of methoxy groups -OCH3 is 1. The molecule has 27 heavy (non-hydrogen) atoms. The number of rotatable bonds is 7. The smallest absolute Gasteiger partial charge is 0.303 e. The highest BCUT2D eigenvalue weighted by molar-refractivity contribution is 6.21. The zero-order valence-corrected chi connectivity index (χ0v) is 14.4. The number of aldehydes is 1. The fourth-order valence-corrected chi connectivity index (χ4v) is 3.35. The number of nitrogens with zero attached hydrogens (tertiary/aromatic N) is 2. The van der Waals surface area contributed by atoms with Crippen LogP contribution in [0.25, 0.3) is 0 Å². The monoisotopic (exact) mass is 368 g/mol. The van der Waals surface area contributed by atoms with E-state index < -0.39 is 28.8 Å². The summed E-state index contributed by atoms with van der Waals surface area (Å²) in [6, 6.07) is 12.6. The second kappa shape index (κ2) is 7.36. The molecular weight excluding hydrogens is 352 g/mol. The van der Waals surface area contributed by atoms with Gasteiger partial charge in [-0.2, -0.15) is 0 Å². The number of fused-ring (bicyclic) bond motifs is 1. The standard InChI is InChI=1S/C19H16N2O6/c1-27-16-9-5-4-6-12(16)13(10-11-22)17(21(25)26)20-18(23)14-7-2-3-8-15(14)19(20)24/h2-9,11,13,17H,10H2,1H3/t13-,17?/m0/s1. The average Bonchev–Trinajstić information content (AvgIpc) is 2.93. The van der Waals surface area contributed by atoms with Crippen molar-refractivity contribution in [1.29, 1.82) is 0 Å². The van der Waals surface area contributed by atoms with Gasteiger partial charge in [0, 0.05) is 16.9 Å². The van der Waals surface area contributed by atoms with Gasteiger partial charge in [0.15, 0.2) is 0 Å². The van der Waals surface area contributed by atoms with Gasteiger partial charge in [-0.3, -0.25) is 19.7 Å². The molecule has 0 aliphatic carbocycles. The number of imide groups is 1. The van der Waals surface area contributed by atoms with Crippen LogP contribution in [0.2, 0.25) is 0 Å². The Labute approximate surface area is 154 Å². The summed E-state index contributed by atoms with van der Waals surface area (Å²) >= 11 is 0. The van der Waals surface area contributed by atoms with E-state index in [9.17, 15) is 24.5 Å². The van der Waals surface area contributed by atoms with Crippen molar-refractivity contribution in [2.24, 2.45) is 0 Å². The van der Waals surface area contributed by atoms with Crippen LogP contribution in [-0.4, -0.2) is 41.2 Å². The van der Waals surface area contributed by atoms with Crippen LogP contribution in [0.3, 0.4) is 0 Å². The lowest BCUT2D eigenvalue weighted by Gasteiger charge is -2.26. The molecule has 138 valence electrons. The lowest BCUT2D eigenvalue weighted by Crippen LogP contribution is -2.48. The molecule has 2 amide bonds. The number of hydrogen-bond donors (Lipinski definition) is 0. The van der Waals surface area contributed by atoms with Crippen LogP contribution in [0.4, 0.5) is 0 Å². The second-order valence-corrected chi connectivity index (χ2v) is 5.98. The Morgan fingerprint density at radius 1 is 1.07 bits per heavy atom. The summed E-state index contributed by atoms with van der Waals surface area (Å²) in [4.78, 5) is 48.6.